The smallest absolute Gasteiger partial charge is 0.244 e. The Balaban J connectivity index is 2.10. The Hall–Kier alpha value is -2.08. The monoisotopic (exact) mass is 346 g/mol. The van der Waals surface area contributed by atoms with Crippen LogP contribution in [0.1, 0.15) is 26.3 Å². The van der Waals surface area contributed by atoms with E-state index in [-0.39, 0.29) is 29.9 Å². The molecule has 1 fully saturated rings. The Bertz CT molecular complexity index is 704. The molecular formula is C18H22N2O3S. The molecule has 1 aromatic carbocycles. The molecule has 1 aliphatic heterocycles. The minimum atomic E-state index is -0.520. The number of rotatable bonds is 4. The van der Waals surface area contributed by atoms with E-state index < -0.39 is 5.41 Å². The minimum Gasteiger partial charge on any atom is -0.324 e. The van der Waals surface area contributed by atoms with Crippen LogP contribution in [0.15, 0.2) is 35.4 Å². The van der Waals surface area contributed by atoms with E-state index in [4.69, 9.17) is 0 Å². The number of benzene rings is 1. The number of hydrogen-bond donors (Lipinski definition) is 1. The third-order valence-corrected chi connectivity index (χ3v) is 4.65. The SMILES string of the molecule is Cc1ccccc1NC(=O)CN1C(=O)CS/C1=C/C(=O)C(C)(C)C. The first-order valence-electron chi connectivity index (χ1n) is 7.73. The summed E-state index contributed by atoms with van der Waals surface area (Å²) in [7, 11) is 0. The predicted octanol–water partition coefficient (Wildman–Crippen LogP) is 2.97. The van der Waals surface area contributed by atoms with Crippen LogP contribution in [0.4, 0.5) is 5.69 Å². The molecule has 0 saturated carbocycles. The van der Waals surface area contributed by atoms with Gasteiger partial charge in [-0.1, -0.05) is 50.7 Å². The number of hydrogen-bond acceptors (Lipinski definition) is 4. The van der Waals surface area contributed by atoms with Gasteiger partial charge in [0.1, 0.15) is 6.54 Å². The largest absolute Gasteiger partial charge is 0.324 e. The summed E-state index contributed by atoms with van der Waals surface area (Å²) in [5, 5.41) is 3.35. The van der Waals surface area contributed by atoms with Crippen LogP contribution in [0.3, 0.4) is 0 Å². The van der Waals surface area contributed by atoms with E-state index >= 15 is 0 Å². The number of amides is 2. The first-order chi connectivity index (χ1) is 11.2. The quantitative estimate of drug-likeness (QED) is 0.851. The summed E-state index contributed by atoms with van der Waals surface area (Å²) < 4.78 is 0. The maximum absolute atomic E-state index is 12.3. The molecule has 1 heterocycles. The Morgan fingerprint density at radius 1 is 1.29 bits per heavy atom. The van der Waals surface area contributed by atoms with E-state index in [2.05, 4.69) is 5.32 Å². The van der Waals surface area contributed by atoms with Gasteiger partial charge in [-0.05, 0) is 18.6 Å². The highest BCUT2D eigenvalue weighted by molar-refractivity contribution is 8.04. The van der Waals surface area contributed by atoms with Crippen LogP contribution in [0.2, 0.25) is 0 Å². The van der Waals surface area contributed by atoms with E-state index in [0.29, 0.717) is 5.03 Å². The summed E-state index contributed by atoms with van der Waals surface area (Å²) in [5.74, 6) is -0.257. The van der Waals surface area contributed by atoms with Crippen LogP contribution in [-0.4, -0.2) is 34.8 Å². The van der Waals surface area contributed by atoms with Crippen LogP contribution in [0, 0.1) is 12.3 Å². The van der Waals surface area contributed by atoms with Crippen LogP contribution in [0.5, 0.6) is 0 Å². The van der Waals surface area contributed by atoms with Gasteiger partial charge in [0.05, 0.1) is 10.8 Å². The lowest BCUT2D eigenvalue weighted by atomic mass is 9.91. The van der Waals surface area contributed by atoms with E-state index in [9.17, 15) is 14.4 Å². The van der Waals surface area contributed by atoms with Gasteiger partial charge in [-0.25, -0.2) is 0 Å². The highest BCUT2D eigenvalue weighted by Crippen LogP contribution is 2.30. The van der Waals surface area contributed by atoms with E-state index in [1.165, 1.54) is 22.7 Å². The molecular weight excluding hydrogens is 324 g/mol. The molecule has 24 heavy (non-hydrogen) atoms. The maximum atomic E-state index is 12.3. The second kappa shape index (κ2) is 7.21. The van der Waals surface area contributed by atoms with Crippen molar-refractivity contribution in [2.75, 3.05) is 17.6 Å². The molecule has 1 aliphatic rings. The Morgan fingerprint density at radius 2 is 1.96 bits per heavy atom. The fourth-order valence-corrected chi connectivity index (χ4v) is 3.02. The van der Waals surface area contributed by atoms with E-state index in [1.807, 2.05) is 52.0 Å². The zero-order valence-corrected chi connectivity index (χ0v) is 15.2. The van der Waals surface area contributed by atoms with Gasteiger partial charge in [-0.3, -0.25) is 19.3 Å². The van der Waals surface area contributed by atoms with Gasteiger partial charge in [-0.15, -0.1) is 0 Å². The molecule has 1 N–H and O–H groups in total. The molecule has 128 valence electrons. The molecule has 0 radical (unpaired) electrons. The zero-order chi connectivity index (χ0) is 17.9. The molecule has 1 aromatic rings. The fraction of sp³-hybridized carbons (Fsp3) is 0.389. The van der Waals surface area contributed by atoms with Gasteiger partial charge in [0.15, 0.2) is 5.78 Å². The van der Waals surface area contributed by atoms with E-state index in [0.717, 1.165) is 11.3 Å². The number of ketones is 1. The fourth-order valence-electron chi connectivity index (χ4n) is 2.08. The molecule has 5 nitrogen and oxygen atoms in total. The van der Waals surface area contributed by atoms with Crippen molar-refractivity contribution in [3.63, 3.8) is 0 Å². The third kappa shape index (κ3) is 4.47. The summed E-state index contributed by atoms with van der Waals surface area (Å²) >= 11 is 1.29. The number of anilines is 1. The summed E-state index contributed by atoms with van der Waals surface area (Å²) in [5.41, 5.74) is 1.15. The Labute approximate surface area is 146 Å². The lowest BCUT2D eigenvalue weighted by molar-refractivity contribution is -0.129. The highest BCUT2D eigenvalue weighted by atomic mass is 32.2. The summed E-state index contributed by atoms with van der Waals surface area (Å²) in [6, 6.07) is 7.45. The number of carbonyl (C=O) groups is 3. The van der Waals surface area contributed by atoms with Crippen molar-refractivity contribution < 1.29 is 14.4 Å². The first-order valence-corrected chi connectivity index (χ1v) is 8.72. The molecule has 0 aliphatic carbocycles. The first kappa shape index (κ1) is 18.3. The zero-order valence-electron chi connectivity index (χ0n) is 14.4. The lowest BCUT2D eigenvalue weighted by Crippen LogP contribution is -2.34. The van der Waals surface area contributed by atoms with Crippen molar-refractivity contribution in [3.05, 3.63) is 40.9 Å². The van der Waals surface area contributed by atoms with Crippen LogP contribution in [0.25, 0.3) is 0 Å². The number of carbonyl (C=O) groups excluding carboxylic acids is 3. The van der Waals surface area contributed by atoms with Crippen LogP contribution < -0.4 is 5.32 Å². The second-order valence-corrected chi connectivity index (χ2v) is 7.72. The molecule has 2 amide bonds. The standard InChI is InChI=1S/C18H22N2O3S/c1-12-7-5-6-8-13(12)19-15(22)10-20-16(23)11-24-17(20)9-14(21)18(2,3)4/h5-9H,10-11H2,1-4H3,(H,19,22)/b17-9+. The van der Waals surface area contributed by atoms with Crippen molar-refractivity contribution in [2.24, 2.45) is 5.41 Å². The Morgan fingerprint density at radius 3 is 2.58 bits per heavy atom. The molecule has 1 saturated heterocycles. The number of nitrogens with one attached hydrogen (secondary N) is 1. The molecule has 0 aromatic heterocycles. The van der Waals surface area contributed by atoms with Crippen molar-refractivity contribution in [3.8, 4) is 0 Å². The minimum absolute atomic E-state index is 0.0657. The molecule has 0 unspecified atom stereocenters. The summed E-state index contributed by atoms with van der Waals surface area (Å²) in [6.45, 7) is 7.28. The highest BCUT2D eigenvalue weighted by Gasteiger charge is 2.30. The van der Waals surface area contributed by atoms with Crippen molar-refractivity contribution in [2.45, 2.75) is 27.7 Å². The summed E-state index contributed by atoms with van der Waals surface area (Å²) in [6.07, 6.45) is 1.47. The summed E-state index contributed by atoms with van der Waals surface area (Å²) in [4.78, 5) is 37.9. The Kier molecular flexibility index (Phi) is 5.49. The number of allylic oxidation sites excluding steroid dienone is 1. The van der Waals surface area contributed by atoms with Gasteiger partial charge >= 0.3 is 0 Å². The van der Waals surface area contributed by atoms with Crippen molar-refractivity contribution in [1.82, 2.24) is 4.90 Å². The maximum Gasteiger partial charge on any atom is 0.244 e. The molecule has 0 bridgehead atoms. The van der Waals surface area contributed by atoms with E-state index in [1.54, 1.807) is 0 Å². The van der Waals surface area contributed by atoms with Crippen molar-refractivity contribution >= 4 is 35.0 Å². The lowest BCUT2D eigenvalue weighted by Gasteiger charge is -2.19. The molecule has 6 heteroatoms. The molecule has 0 spiro atoms. The number of aryl methyl sites for hydroxylation is 1. The van der Waals surface area contributed by atoms with Gasteiger partial charge in [-0.2, -0.15) is 0 Å². The van der Waals surface area contributed by atoms with Crippen LogP contribution in [-0.2, 0) is 14.4 Å². The molecule has 2 rings (SSSR count). The normalized spacial score (nSPS) is 16.6. The number of para-hydroxylation sites is 1. The third-order valence-electron chi connectivity index (χ3n) is 3.63. The van der Waals surface area contributed by atoms with Gasteiger partial charge in [0.25, 0.3) is 0 Å². The number of nitrogens with zero attached hydrogens (tertiary/aromatic N) is 1. The predicted molar refractivity (Wildman–Crippen MR) is 96.5 cm³/mol. The number of thioether (sulfide) groups is 1. The van der Waals surface area contributed by atoms with Crippen molar-refractivity contribution in [1.29, 1.82) is 0 Å². The average molecular weight is 346 g/mol. The van der Waals surface area contributed by atoms with Crippen LogP contribution >= 0.6 is 11.8 Å². The van der Waals surface area contributed by atoms with Gasteiger partial charge < -0.3 is 5.32 Å². The topological polar surface area (TPSA) is 66.5 Å². The molecule has 0 atom stereocenters. The van der Waals surface area contributed by atoms with Gasteiger partial charge in [0, 0.05) is 17.2 Å². The second-order valence-electron chi connectivity index (χ2n) is 6.73. The van der Waals surface area contributed by atoms with Gasteiger partial charge in [0.2, 0.25) is 11.8 Å². The average Bonchev–Trinajstić information content (AvgIpc) is 2.81.